The predicted octanol–water partition coefficient (Wildman–Crippen LogP) is 2.25. The number of nitrogens with two attached hydrogens (primary N) is 1. The van der Waals surface area contributed by atoms with E-state index in [9.17, 15) is 4.79 Å². The Morgan fingerprint density at radius 2 is 1.88 bits per heavy atom. The van der Waals surface area contributed by atoms with Gasteiger partial charge in [-0.25, -0.2) is 14.6 Å². The largest absolute Gasteiger partial charge is 0.336 e. The molecule has 1 atom stereocenters. The molecule has 0 saturated heterocycles. The quantitative estimate of drug-likeness (QED) is 0.584. The van der Waals surface area contributed by atoms with Crippen molar-refractivity contribution < 1.29 is 0 Å². The van der Waals surface area contributed by atoms with Crippen LogP contribution in [0.1, 0.15) is 22.9 Å². The van der Waals surface area contributed by atoms with E-state index in [2.05, 4.69) is 22.1 Å². The van der Waals surface area contributed by atoms with Gasteiger partial charge in [-0.15, -0.1) is 0 Å². The van der Waals surface area contributed by atoms with E-state index >= 15 is 0 Å². The number of fused-ring (bicyclic) bond motifs is 1. The highest BCUT2D eigenvalue weighted by Crippen LogP contribution is 2.28. The maximum atomic E-state index is 12.0. The first-order chi connectivity index (χ1) is 12.1. The Morgan fingerprint density at radius 3 is 2.60 bits per heavy atom. The molecule has 2 heterocycles. The van der Waals surface area contributed by atoms with E-state index < -0.39 is 0 Å². The summed E-state index contributed by atoms with van der Waals surface area (Å²) in [6, 6.07) is 15.9. The predicted molar refractivity (Wildman–Crippen MR) is 96.8 cm³/mol. The van der Waals surface area contributed by atoms with Gasteiger partial charge in [0.05, 0.1) is 23.4 Å². The number of aromatic nitrogens is 4. The number of nitrogens with zero attached hydrogens (tertiary/aromatic N) is 4. The first-order valence-electron chi connectivity index (χ1n) is 7.96. The Bertz CT molecular complexity index is 1080. The third kappa shape index (κ3) is 2.57. The molecule has 2 aromatic carbocycles. The highest BCUT2D eigenvalue weighted by molar-refractivity contribution is 5.76. The van der Waals surface area contributed by atoms with E-state index in [-0.39, 0.29) is 11.6 Å². The number of aryl methyl sites for hydroxylation is 1. The van der Waals surface area contributed by atoms with E-state index in [1.807, 2.05) is 47.2 Å². The minimum Gasteiger partial charge on any atom is -0.336 e. The molecule has 6 nitrogen and oxygen atoms in total. The maximum absolute atomic E-state index is 12.0. The lowest BCUT2D eigenvalue weighted by atomic mass is 9.98. The summed E-state index contributed by atoms with van der Waals surface area (Å²) < 4.78 is 3.19. The van der Waals surface area contributed by atoms with Gasteiger partial charge < -0.3 is 10.4 Å². The SMILES string of the molecule is Cc1nc2cc(C(c3ccccc3)n3ccnc3)ccc2n(N)c1=O. The molecule has 0 bridgehead atoms. The second-order valence-corrected chi connectivity index (χ2v) is 5.94. The molecular weight excluding hydrogens is 314 g/mol. The van der Waals surface area contributed by atoms with Gasteiger partial charge in [-0.1, -0.05) is 36.4 Å². The van der Waals surface area contributed by atoms with Gasteiger partial charge in [0, 0.05) is 12.4 Å². The molecule has 0 aliphatic carbocycles. The van der Waals surface area contributed by atoms with Crippen LogP contribution >= 0.6 is 0 Å². The van der Waals surface area contributed by atoms with Gasteiger partial charge in [0.1, 0.15) is 5.69 Å². The van der Waals surface area contributed by atoms with Gasteiger partial charge in [0.15, 0.2) is 0 Å². The summed E-state index contributed by atoms with van der Waals surface area (Å²) in [5.74, 6) is 5.90. The fraction of sp³-hybridized carbons (Fsp3) is 0.105. The number of hydrogen-bond acceptors (Lipinski definition) is 4. The first kappa shape index (κ1) is 15.1. The summed E-state index contributed by atoms with van der Waals surface area (Å²) >= 11 is 0. The van der Waals surface area contributed by atoms with Crippen LogP contribution in [-0.4, -0.2) is 19.2 Å². The summed E-state index contributed by atoms with van der Waals surface area (Å²) in [4.78, 5) is 20.6. The Balaban J connectivity index is 1.94. The maximum Gasteiger partial charge on any atom is 0.290 e. The van der Waals surface area contributed by atoms with Gasteiger partial charge in [0.2, 0.25) is 0 Å². The molecule has 0 aliphatic heterocycles. The lowest BCUT2D eigenvalue weighted by molar-refractivity contribution is 0.677. The molecule has 0 amide bonds. The Labute approximate surface area is 144 Å². The van der Waals surface area contributed by atoms with Gasteiger partial charge in [-0.2, -0.15) is 0 Å². The zero-order chi connectivity index (χ0) is 17.4. The summed E-state index contributed by atoms with van der Waals surface area (Å²) in [6.45, 7) is 1.67. The molecule has 0 radical (unpaired) electrons. The van der Waals surface area contributed by atoms with E-state index in [0.717, 1.165) is 15.8 Å². The van der Waals surface area contributed by atoms with E-state index in [1.54, 1.807) is 19.4 Å². The molecule has 4 aromatic rings. The minimum absolute atomic E-state index is 0.0339. The van der Waals surface area contributed by atoms with E-state index in [4.69, 9.17) is 5.84 Å². The highest BCUT2D eigenvalue weighted by Gasteiger charge is 2.17. The minimum atomic E-state index is -0.283. The van der Waals surface area contributed by atoms with Crippen molar-refractivity contribution in [3.63, 3.8) is 0 Å². The standard InChI is InChI=1S/C19H17N5O/c1-13-19(25)24(20)17-8-7-15(11-16(17)22-13)18(23-10-9-21-12-23)14-5-3-2-4-6-14/h2-12,18H,20H2,1H3. The summed E-state index contributed by atoms with van der Waals surface area (Å²) in [7, 11) is 0. The highest BCUT2D eigenvalue weighted by atomic mass is 16.1. The van der Waals surface area contributed by atoms with Crippen LogP contribution in [0.25, 0.3) is 11.0 Å². The molecule has 25 heavy (non-hydrogen) atoms. The summed E-state index contributed by atoms with van der Waals surface area (Å²) in [6.07, 6.45) is 5.49. The Hall–Kier alpha value is -3.41. The number of benzene rings is 2. The molecule has 1 unspecified atom stereocenters. The molecule has 0 aliphatic rings. The smallest absolute Gasteiger partial charge is 0.290 e. The molecule has 124 valence electrons. The fourth-order valence-corrected chi connectivity index (χ4v) is 3.11. The van der Waals surface area contributed by atoms with Crippen molar-refractivity contribution in [1.82, 2.24) is 19.2 Å². The lowest BCUT2D eigenvalue weighted by Crippen LogP contribution is -2.30. The van der Waals surface area contributed by atoms with Crippen LogP contribution in [0.3, 0.4) is 0 Å². The Morgan fingerprint density at radius 1 is 1.08 bits per heavy atom. The van der Waals surface area contributed by atoms with Crippen molar-refractivity contribution in [1.29, 1.82) is 0 Å². The van der Waals surface area contributed by atoms with Gasteiger partial charge in [-0.3, -0.25) is 4.79 Å². The average molecular weight is 331 g/mol. The Kier molecular flexibility index (Phi) is 3.57. The summed E-state index contributed by atoms with van der Waals surface area (Å²) in [5, 5.41) is 0. The van der Waals surface area contributed by atoms with Gasteiger partial charge in [-0.05, 0) is 30.2 Å². The molecule has 0 saturated carbocycles. The molecule has 6 heteroatoms. The summed E-state index contributed by atoms with van der Waals surface area (Å²) in [5.41, 5.74) is 3.58. The molecule has 2 N–H and O–H groups in total. The first-order valence-corrected chi connectivity index (χ1v) is 7.96. The zero-order valence-corrected chi connectivity index (χ0v) is 13.7. The van der Waals surface area contributed by atoms with Gasteiger partial charge >= 0.3 is 0 Å². The van der Waals surface area contributed by atoms with Crippen LogP contribution in [0.5, 0.6) is 0 Å². The van der Waals surface area contributed by atoms with Crippen molar-refractivity contribution in [2.24, 2.45) is 0 Å². The van der Waals surface area contributed by atoms with Crippen molar-refractivity contribution in [2.75, 3.05) is 5.84 Å². The molecule has 0 spiro atoms. The van der Waals surface area contributed by atoms with E-state index in [1.165, 1.54) is 0 Å². The molecule has 0 fully saturated rings. The monoisotopic (exact) mass is 331 g/mol. The lowest BCUT2D eigenvalue weighted by Gasteiger charge is -2.20. The number of nitrogen functional groups attached to an aromatic ring is 1. The van der Waals surface area contributed by atoms with Crippen molar-refractivity contribution in [3.8, 4) is 0 Å². The van der Waals surface area contributed by atoms with Crippen LogP contribution in [0.4, 0.5) is 0 Å². The second-order valence-electron chi connectivity index (χ2n) is 5.94. The third-order valence-corrected chi connectivity index (χ3v) is 4.33. The molecule has 4 rings (SSSR count). The average Bonchev–Trinajstić information content (AvgIpc) is 3.15. The normalized spacial score (nSPS) is 12.4. The second kappa shape index (κ2) is 5.90. The zero-order valence-electron chi connectivity index (χ0n) is 13.7. The van der Waals surface area contributed by atoms with Crippen LogP contribution in [0.15, 0.2) is 72.0 Å². The van der Waals surface area contributed by atoms with Crippen LogP contribution in [-0.2, 0) is 0 Å². The number of hydrogen-bond donors (Lipinski definition) is 1. The van der Waals surface area contributed by atoms with Crippen molar-refractivity contribution >= 4 is 11.0 Å². The fourth-order valence-electron chi connectivity index (χ4n) is 3.11. The molecule has 2 aromatic heterocycles. The van der Waals surface area contributed by atoms with Crippen LogP contribution in [0.2, 0.25) is 0 Å². The van der Waals surface area contributed by atoms with E-state index in [0.29, 0.717) is 16.7 Å². The van der Waals surface area contributed by atoms with Crippen molar-refractivity contribution in [2.45, 2.75) is 13.0 Å². The van der Waals surface area contributed by atoms with Crippen LogP contribution < -0.4 is 11.4 Å². The van der Waals surface area contributed by atoms with Crippen molar-refractivity contribution in [3.05, 3.63) is 94.4 Å². The number of rotatable bonds is 3. The number of imidazole rings is 1. The van der Waals surface area contributed by atoms with Crippen LogP contribution in [0, 0.1) is 6.92 Å². The topological polar surface area (TPSA) is 78.7 Å². The van der Waals surface area contributed by atoms with Gasteiger partial charge in [0.25, 0.3) is 5.56 Å². The molecular formula is C19H17N5O. The third-order valence-electron chi connectivity index (χ3n) is 4.33.